The summed E-state index contributed by atoms with van der Waals surface area (Å²) in [6, 6.07) is 3.31. The Hall–Kier alpha value is -1.51. The van der Waals surface area contributed by atoms with Crippen molar-refractivity contribution in [1.29, 1.82) is 0 Å². The van der Waals surface area contributed by atoms with E-state index < -0.39 is 27.4 Å². The molecule has 0 saturated carbocycles. The van der Waals surface area contributed by atoms with Crippen molar-refractivity contribution in [3.63, 3.8) is 0 Å². The van der Waals surface area contributed by atoms with Crippen LogP contribution in [0.3, 0.4) is 0 Å². The van der Waals surface area contributed by atoms with Crippen molar-refractivity contribution < 1.29 is 27.4 Å². The van der Waals surface area contributed by atoms with Crippen molar-refractivity contribution in [2.24, 2.45) is 0 Å². The summed E-state index contributed by atoms with van der Waals surface area (Å²) in [5.74, 6) is 0.0645. The van der Waals surface area contributed by atoms with Crippen LogP contribution in [0, 0.1) is 0 Å². The summed E-state index contributed by atoms with van der Waals surface area (Å²) in [6.45, 7) is 0.0397. The van der Waals surface area contributed by atoms with Crippen LogP contribution in [-0.2, 0) is 19.6 Å². The van der Waals surface area contributed by atoms with E-state index in [0.29, 0.717) is 5.75 Å². The van der Waals surface area contributed by atoms with Gasteiger partial charge in [-0.15, -0.1) is 11.6 Å². The Bertz CT molecular complexity index is 693. The third-order valence-corrected chi connectivity index (χ3v) is 5.83. The highest BCUT2D eigenvalue weighted by atomic mass is 35.5. The van der Waals surface area contributed by atoms with E-state index in [1.807, 2.05) is 0 Å². The Kier molecular flexibility index (Phi) is 5.38. The topological polar surface area (TPSA) is 82.1 Å². The number of hydrogen-bond acceptors (Lipinski definition) is 6. The molecule has 23 heavy (non-hydrogen) atoms. The number of esters is 1. The van der Waals surface area contributed by atoms with Crippen LogP contribution in [0.5, 0.6) is 11.5 Å². The molecule has 0 aromatic heterocycles. The number of halogens is 1. The zero-order chi connectivity index (χ0) is 17.2. The minimum atomic E-state index is -3.92. The first kappa shape index (κ1) is 17.8. The van der Waals surface area contributed by atoms with E-state index in [-0.39, 0.29) is 23.6 Å². The fraction of sp³-hybridized carbons (Fsp3) is 0.500. The predicted octanol–water partition coefficient (Wildman–Crippen LogP) is 1.25. The van der Waals surface area contributed by atoms with Gasteiger partial charge in [-0.05, 0) is 18.6 Å². The fourth-order valence-corrected chi connectivity index (χ4v) is 4.53. The molecular weight excluding hydrogens is 346 g/mol. The molecular formula is C14H18ClNO6S. The molecule has 1 aliphatic rings. The first-order valence-corrected chi connectivity index (χ1v) is 8.68. The second-order valence-corrected chi connectivity index (χ2v) is 7.47. The molecule has 7 nitrogen and oxygen atoms in total. The Morgan fingerprint density at radius 2 is 1.87 bits per heavy atom. The van der Waals surface area contributed by atoms with E-state index in [1.165, 1.54) is 39.5 Å². The molecule has 0 amide bonds. The molecule has 0 bridgehead atoms. The standard InChI is InChI=1S/C14H18ClNO6S/c1-20-12-5-4-10(7-13(12)21-2)23(18,19)16-8-9(15)6-11(16)14(17)22-3/h4-5,7,9,11H,6,8H2,1-3H3/t9-,11+/m0/s1. The molecule has 1 heterocycles. The zero-order valence-corrected chi connectivity index (χ0v) is 14.6. The van der Waals surface area contributed by atoms with Gasteiger partial charge in [0, 0.05) is 18.0 Å². The number of ether oxygens (including phenoxy) is 3. The number of carbonyl (C=O) groups excluding carboxylic acids is 1. The summed E-state index contributed by atoms with van der Waals surface area (Å²) in [6.07, 6.45) is 0.209. The molecule has 1 saturated heterocycles. The number of carbonyl (C=O) groups is 1. The maximum absolute atomic E-state index is 12.8. The number of benzene rings is 1. The molecule has 0 unspecified atom stereocenters. The number of sulfonamides is 1. The van der Waals surface area contributed by atoms with Gasteiger partial charge in [-0.2, -0.15) is 4.31 Å². The smallest absolute Gasteiger partial charge is 0.324 e. The molecule has 2 rings (SSSR count). The predicted molar refractivity (Wildman–Crippen MR) is 83.5 cm³/mol. The van der Waals surface area contributed by atoms with E-state index in [4.69, 9.17) is 21.1 Å². The molecule has 2 atom stereocenters. The van der Waals surface area contributed by atoms with Gasteiger partial charge in [-0.3, -0.25) is 4.79 Å². The second kappa shape index (κ2) is 6.94. The maximum Gasteiger partial charge on any atom is 0.324 e. The average molecular weight is 364 g/mol. The van der Waals surface area contributed by atoms with Crippen molar-refractivity contribution in [1.82, 2.24) is 4.31 Å². The number of nitrogens with zero attached hydrogens (tertiary/aromatic N) is 1. The highest BCUT2D eigenvalue weighted by Crippen LogP contribution is 2.34. The van der Waals surface area contributed by atoms with Crippen molar-refractivity contribution in [2.75, 3.05) is 27.9 Å². The fourth-order valence-electron chi connectivity index (χ4n) is 2.48. The maximum atomic E-state index is 12.8. The Morgan fingerprint density at radius 1 is 1.22 bits per heavy atom. The van der Waals surface area contributed by atoms with Gasteiger partial charge in [0.2, 0.25) is 10.0 Å². The summed E-state index contributed by atoms with van der Waals surface area (Å²) < 4.78 is 41.6. The van der Waals surface area contributed by atoms with E-state index in [1.54, 1.807) is 0 Å². The van der Waals surface area contributed by atoms with Crippen LogP contribution >= 0.6 is 11.6 Å². The van der Waals surface area contributed by atoms with Crippen molar-refractivity contribution in [3.8, 4) is 11.5 Å². The summed E-state index contributed by atoms with van der Waals surface area (Å²) in [7, 11) is 0.161. The van der Waals surface area contributed by atoms with Gasteiger partial charge >= 0.3 is 5.97 Å². The van der Waals surface area contributed by atoms with Crippen molar-refractivity contribution in [2.45, 2.75) is 22.7 Å². The van der Waals surface area contributed by atoms with E-state index in [9.17, 15) is 13.2 Å². The minimum Gasteiger partial charge on any atom is -0.493 e. The van der Waals surface area contributed by atoms with Crippen LogP contribution in [0.2, 0.25) is 0 Å². The average Bonchev–Trinajstić information content (AvgIpc) is 2.96. The van der Waals surface area contributed by atoms with E-state index in [0.717, 1.165) is 4.31 Å². The summed E-state index contributed by atoms with van der Waals surface area (Å²) in [5, 5.41) is -0.450. The van der Waals surface area contributed by atoms with Crippen LogP contribution in [0.25, 0.3) is 0 Å². The lowest BCUT2D eigenvalue weighted by Gasteiger charge is -2.22. The molecule has 1 fully saturated rings. The lowest BCUT2D eigenvalue weighted by Crippen LogP contribution is -2.41. The molecule has 0 N–H and O–H groups in total. The normalized spacial score (nSPS) is 21.9. The van der Waals surface area contributed by atoms with Crippen molar-refractivity contribution in [3.05, 3.63) is 18.2 Å². The van der Waals surface area contributed by atoms with Crippen LogP contribution in [0.1, 0.15) is 6.42 Å². The summed E-state index contributed by atoms with van der Waals surface area (Å²) >= 11 is 6.04. The van der Waals surface area contributed by atoms with E-state index in [2.05, 4.69) is 4.74 Å². The lowest BCUT2D eigenvalue weighted by atomic mass is 10.2. The first-order chi connectivity index (χ1) is 10.8. The van der Waals surface area contributed by atoms with Gasteiger partial charge in [0.25, 0.3) is 0 Å². The number of rotatable bonds is 5. The monoisotopic (exact) mass is 363 g/mol. The molecule has 0 spiro atoms. The highest BCUT2D eigenvalue weighted by Gasteiger charge is 2.44. The third kappa shape index (κ3) is 3.39. The zero-order valence-electron chi connectivity index (χ0n) is 13.0. The van der Waals surface area contributed by atoms with Crippen LogP contribution in [0.15, 0.2) is 23.1 Å². The van der Waals surface area contributed by atoms with Gasteiger partial charge in [0.1, 0.15) is 6.04 Å². The minimum absolute atomic E-state index is 0.00480. The Morgan fingerprint density at radius 3 is 2.43 bits per heavy atom. The van der Waals surface area contributed by atoms with Gasteiger partial charge in [-0.1, -0.05) is 0 Å². The SMILES string of the molecule is COC(=O)[C@H]1C[C@H](Cl)CN1S(=O)(=O)c1ccc(OC)c(OC)c1. The summed E-state index contributed by atoms with van der Waals surface area (Å²) in [5.41, 5.74) is 0. The first-order valence-electron chi connectivity index (χ1n) is 6.81. The molecule has 0 aliphatic carbocycles. The number of hydrogen-bond donors (Lipinski definition) is 0. The van der Waals surface area contributed by atoms with Gasteiger partial charge in [0.15, 0.2) is 11.5 Å². The summed E-state index contributed by atoms with van der Waals surface area (Å²) in [4.78, 5) is 11.8. The van der Waals surface area contributed by atoms with Crippen LogP contribution in [-0.4, -0.2) is 58.0 Å². The Labute approximate surface area is 140 Å². The van der Waals surface area contributed by atoms with Gasteiger partial charge < -0.3 is 14.2 Å². The Balaban J connectivity index is 2.43. The number of alkyl halides is 1. The van der Waals surface area contributed by atoms with Gasteiger partial charge in [0.05, 0.1) is 26.2 Å². The molecule has 9 heteroatoms. The van der Waals surface area contributed by atoms with Gasteiger partial charge in [-0.25, -0.2) is 8.42 Å². The van der Waals surface area contributed by atoms with Crippen LogP contribution < -0.4 is 9.47 Å². The molecule has 128 valence electrons. The number of methoxy groups -OCH3 is 3. The van der Waals surface area contributed by atoms with Crippen LogP contribution in [0.4, 0.5) is 0 Å². The van der Waals surface area contributed by atoms with E-state index >= 15 is 0 Å². The molecule has 1 aromatic rings. The molecule has 1 aliphatic heterocycles. The second-order valence-electron chi connectivity index (χ2n) is 4.96. The highest BCUT2D eigenvalue weighted by molar-refractivity contribution is 7.89. The largest absolute Gasteiger partial charge is 0.493 e. The third-order valence-electron chi connectivity index (χ3n) is 3.64. The lowest BCUT2D eigenvalue weighted by molar-refractivity contribution is -0.144. The quantitative estimate of drug-likeness (QED) is 0.578. The molecule has 0 radical (unpaired) electrons. The van der Waals surface area contributed by atoms with Crippen molar-refractivity contribution >= 4 is 27.6 Å². The molecule has 1 aromatic carbocycles.